The molecular weight excluding hydrogens is 573 g/mol. The summed E-state index contributed by atoms with van der Waals surface area (Å²) < 4.78 is 103. The number of alkyl halides is 6. The van der Waals surface area contributed by atoms with Gasteiger partial charge < -0.3 is 0 Å². The molecule has 1 heterocycles. The van der Waals surface area contributed by atoms with Crippen LogP contribution >= 0.6 is 34.5 Å². The third-order valence-corrected chi connectivity index (χ3v) is 7.83. The van der Waals surface area contributed by atoms with Gasteiger partial charge >= 0.3 is 12.4 Å². The maximum absolute atomic E-state index is 13.3. The molecular formula is C22H12Cl2F6N2O2S2. The van der Waals surface area contributed by atoms with E-state index in [-0.39, 0.29) is 33.1 Å². The van der Waals surface area contributed by atoms with E-state index < -0.39 is 38.4 Å². The molecule has 0 fully saturated rings. The average Bonchev–Trinajstić information content (AvgIpc) is 3.15. The summed E-state index contributed by atoms with van der Waals surface area (Å²) in [4.78, 5) is 3.66. The fourth-order valence-corrected chi connectivity index (χ4v) is 5.81. The van der Waals surface area contributed by atoms with Crippen LogP contribution in [-0.4, -0.2) is 13.4 Å². The van der Waals surface area contributed by atoms with Crippen LogP contribution in [0, 0.1) is 0 Å². The number of hydrogen-bond acceptors (Lipinski definition) is 4. The van der Waals surface area contributed by atoms with Gasteiger partial charge in [0.25, 0.3) is 0 Å². The van der Waals surface area contributed by atoms with Crippen LogP contribution in [0.25, 0.3) is 21.3 Å². The van der Waals surface area contributed by atoms with Gasteiger partial charge in [0.05, 0.1) is 31.2 Å². The van der Waals surface area contributed by atoms with Gasteiger partial charge in [-0.1, -0.05) is 23.2 Å². The molecule has 4 nitrogen and oxygen atoms in total. The average molecular weight is 585 g/mol. The van der Waals surface area contributed by atoms with Crippen molar-refractivity contribution in [1.82, 2.24) is 4.98 Å². The molecule has 0 aliphatic carbocycles. The third-order valence-electron chi connectivity index (χ3n) is 5.15. The van der Waals surface area contributed by atoms with Crippen molar-refractivity contribution in [2.24, 2.45) is 5.14 Å². The summed E-state index contributed by atoms with van der Waals surface area (Å²) in [6.45, 7) is 0. The summed E-state index contributed by atoms with van der Waals surface area (Å²) in [7, 11) is -4.40. The molecule has 0 atom stereocenters. The first-order valence-electron chi connectivity index (χ1n) is 9.73. The van der Waals surface area contributed by atoms with Gasteiger partial charge in [0.1, 0.15) is 0 Å². The Labute approximate surface area is 214 Å². The minimum absolute atomic E-state index is 0.00878. The molecule has 2 N–H and O–H groups in total. The van der Waals surface area contributed by atoms with Crippen LogP contribution in [0.1, 0.15) is 21.7 Å². The molecule has 14 heteroatoms. The lowest BCUT2D eigenvalue weighted by Crippen LogP contribution is -2.15. The van der Waals surface area contributed by atoms with Gasteiger partial charge in [0.15, 0.2) is 0 Å². The fourth-order valence-electron chi connectivity index (χ4n) is 3.49. The maximum Gasteiger partial charge on any atom is 0.416 e. The van der Waals surface area contributed by atoms with Gasteiger partial charge in [-0.25, -0.2) is 18.5 Å². The number of benzene rings is 3. The Morgan fingerprint density at radius 3 is 1.97 bits per heavy atom. The number of halogens is 8. The molecule has 4 aromatic rings. The van der Waals surface area contributed by atoms with Crippen LogP contribution in [0.4, 0.5) is 26.3 Å². The predicted octanol–water partition coefficient (Wildman–Crippen LogP) is 7.55. The first-order valence-corrected chi connectivity index (χ1v) is 12.8. The highest BCUT2D eigenvalue weighted by Crippen LogP contribution is 2.40. The SMILES string of the molecule is NS(=O)(=O)c1ccc(C(F)(F)F)cc1-c1cc(Cl)c(Cc2nc3cc(C(F)(F)F)ccc3s2)c(Cl)c1. The zero-order valence-electron chi connectivity index (χ0n) is 17.5. The van der Waals surface area contributed by atoms with E-state index in [1.807, 2.05) is 0 Å². The van der Waals surface area contributed by atoms with Gasteiger partial charge in [-0.3, -0.25) is 0 Å². The molecule has 0 saturated carbocycles. The van der Waals surface area contributed by atoms with E-state index in [1.165, 1.54) is 18.2 Å². The van der Waals surface area contributed by atoms with Gasteiger partial charge in [-0.15, -0.1) is 11.3 Å². The Morgan fingerprint density at radius 1 is 0.861 bits per heavy atom. The molecule has 0 aliphatic heterocycles. The predicted molar refractivity (Wildman–Crippen MR) is 126 cm³/mol. The van der Waals surface area contributed by atoms with Crippen molar-refractivity contribution in [1.29, 1.82) is 0 Å². The highest BCUT2D eigenvalue weighted by atomic mass is 35.5. The lowest BCUT2D eigenvalue weighted by molar-refractivity contribution is -0.138. The van der Waals surface area contributed by atoms with Crippen molar-refractivity contribution in [3.05, 3.63) is 80.3 Å². The molecule has 4 rings (SSSR count). The van der Waals surface area contributed by atoms with Crippen LogP contribution < -0.4 is 5.14 Å². The van der Waals surface area contributed by atoms with Crippen LogP contribution in [0.2, 0.25) is 10.0 Å². The minimum Gasteiger partial charge on any atom is -0.241 e. The minimum atomic E-state index is -4.75. The topological polar surface area (TPSA) is 73.1 Å². The Bertz CT molecular complexity index is 1580. The van der Waals surface area contributed by atoms with Crippen molar-refractivity contribution in [3.8, 4) is 11.1 Å². The molecule has 0 saturated heterocycles. The Hall–Kier alpha value is -2.38. The normalized spacial score (nSPS) is 12.9. The van der Waals surface area contributed by atoms with E-state index in [4.69, 9.17) is 28.3 Å². The van der Waals surface area contributed by atoms with E-state index in [9.17, 15) is 34.8 Å². The molecule has 0 bridgehead atoms. The van der Waals surface area contributed by atoms with Gasteiger partial charge in [-0.2, -0.15) is 26.3 Å². The summed E-state index contributed by atoms with van der Waals surface area (Å²) in [6, 6.07) is 7.62. The van der Waals surface area contributed by atoms with Crippen molar-refractivity contribution in [3.63, 3.8) is 0 Å². The van der Waals surface area contributed by atoms with Crippen molar-refractivity contribution in [2.75, 3.05) is 0 Å². The molecule has 0 radical (unpaired) electrons. The number of sulfonamides is 1. The lowest BCUT2D eigenvalue weighted by Gasteiger charge is -2.15. The number of aromatic nitrogens is 1. The Kier molecular flexibility index (Phi) is 6.80. The molecule has 190 valence electrons. The third kappa shape index (κ3) is 5.47. The molecule has 3 aromatic carbocycles. The Morgan fingerprint density at radius 2 is 1.42 bits per heavy atom. The number of hydrogen-bond donors (Lipinski definition) is 1. The number of thiazole rings is 1. The van der Waals surface area contributed by atoms with E-state index in [0.717, 1.165) is 29.5 Å². The maximum atomic E-state index is 13.3. The highest BCUT2D eigenvalue weighted by molar-refractivity contribution is 7.89. The Balaban J connectivity index is 1.76. The second kappa shape index (κ2) is 9.18. The van der Waals surface area contributed by atoms with Gasteiger partial charge in [0.2, 0.25) is 10.0 Å². The lowest BCUT2D eigenvalue weighted by atomic mass is 10.0. The summed E-state index contributed by atoms with van der Waals surface area (Å²) in [5.41, 5.74) is -1.88. The van der Waals surface area contributed by atoms with Crippen molar-refractivity contribution >= 4 is 54.8 Å². The molecule has 0 aliphatic rings. The number of nitrogens with zero attached hydrogens (tertiary/aromatic N) is 1. The van der Waals surface area contributed by atoms with E-state index in [0.29, 0.717) is 27.4 Å². The summed E-state index contributed by atoms with van der Waals surface area (Å²) >= 11 is 13.8. The highest BCUT2D eigenvalue weighted by Gasteiger charge is 2.33. The second-order valence-corrected chi connectivity index (χ2v) is 11.1. The quantitative estimate of drug-likeness (QED) is 0.252. The molecule has 36 heavy (non-hydrogen) atoms. The van der Waals surface area contributed by atoms with E-state index >= 15 is 0 Å². The van der Waals surface area contributed by atoms with E-state index in [2.05, 4.69) is 4.98 Å². The molecule has 0 unspecified atom stereocenters. The first-order chi connectivity index (χ1) is 16.5. The van der Waals surface area contributed by atoms with Crippen molar-refractivity contribution in [2.45, 2.75) is 23.7 Å². The van der Waals surface area contributed by atoms with Gasteiger partial charge in [-0.05, 0) is 59.7 Å². The first kappa shape index (κ1) is 26.7. The molecule has 0 amide bonds. The number of nitrogens with two attached hydrogens (primary N) is 1. The van der Waals surface area contributed by atoms with Crippen molar-refractivity contribution < 1.29 is 34.8 Å². The second-order valence-electron chi connectivity index (χ2n) is 7.64. The number of primary sulfonamides is 1. The van der Waals surface area contributed by atoms with Gasteiger partial charge in [0, 0.05) is 22.0 Å². The smallest absolute Gasteiger partial charge is 0.241 e. The molecule has 0 spiro atoms. The zero-order chi connectivity index (χ0) is 26.6. The summed E-state index contributed by atoms with van der Waals surface area (Å²) in [5.74, 6) is 0. The van der Waals surface area contributed by atoms with Crippen LogP contribution in [0.5, 0.6) is 0 Å². The van der Waals surface area contributed by atoms with E-state index in [1.54, 1.807) is 0 Å². The standard InChI is InChI=1S/C22H12Cl2F6N2O2S2/c23-15-5-10(13-7-11(21(25,26)27)2-4-19(13)36(31,33)34)6-16(24)14(15)9-20-32-17-8-12(22(28,29)30)1-3-18(17)35-20/h1-8H,9H2,(H2,31,33,34). The molecule has 1 aromatic heterocycles. The monoisotopic (exact) mass is 584 g/mol. The largest absolute Gasteiger partial charge is 0.416 e. The summed E-state index contributed by atoms with van der Waals surface area (Å²) in [6.07, 6.45) is -9.26. The number of rotatable bonds is 4. The summed E-state index contributed by atoms with van der Waals surface area (Å²) in [5, 5.41) is 5.56. The zero-order valence-corrected chi connectivity index (χ0v) is 20.7. The van der Waals surface area contributed by atoms with Crippen LogP contribution in [0.3, 0.4) is 0 Å². The number of fused-ring (bicyclic) bond motifs is 1. The van der Waals surface area contributed by atoms with Crippen LogP contribution in [-0.2, 0) is 28.8 Å². The fraction of sp³-hybridized carbons (Fsp3) is 0.136. The van der Waals surface area contributed by atoms with Crippen LogP contribution in [0.15, 0.2) is 53.4 Å².